The summed E-state index contributed by atoms with van der Waals surface area (Å²) in [5, 5.41) is 6.31. The maximum Gasteiger partial charge on any atom is 0.239 e. The average Bonchev–Trinajstić information content (AvgIpc) is 3.01. The SMILES string of the molecule is CCc1nc(N2CC(=O)NC3CCCCC32)c2ccsc2n1. The smallest absolute Gasteiger partial charge is 0.239 e. The summed E-state index contributed by atoms with van der Waals surface area (Å²) in [6.07, 6.45) is 5.45. The molecule has 1 saturated heterocycles. The minimum Gasteiger partial charge on any atom is -0.350 e. The molecule has 0 radical (unpaired) electrons. The van der Waals surface area contributed by atoms with Gasteiger partial charge < -0.3 is 10.2 Å². The van der Waals surface area contributed by atoms with E-state index in [2.05, 4.69) is 33.6 Å². The molecule has 1 amide bonds. The summed E-state index contributed by atoms with van der Waals surface area (Å²) in [5.41, 5.74) is 0. The zero-order chi connectivity index (χ0) is 15.1. The monoisotopic (exact) mass is 316 g/mol. The molecule has 116 valence electrons. The first kappa shape index (κ1) is 13.9. The molecule has 0 spiro atoms. The number of amides is 1. The van der Waals surface area contributed by atoms with Crippen molar-refractivity contribution in [1.82, 2.24) is 15.3 Å². The van der Waals surface area contributed by atoms with Gasteiger partial charge in [0.15, 0.2) is 0 Å². The molecule has 2 aromatic heterocycles. The van der Waals surface area contributed by atoms with Crippen LogP contribution in [0.2, 0.25) is 0 Å². The van der Waals surface area contributed by atoms with Crippen LogP contribution in [0.1, 0.15) is 38.4 Å². The van der Waals surface area contributed by atoms with E-state index in [0.717, 1.165) is 41.1 Å². The van der Waals surface area contributed by atoms with Gasteiger partial charge in [-0.2, -0.15) is 0 Å². The van der Waals surface area contributed by atoms with Crippen LogP contribution in [0.3, 0.4) is 0 Å². The highest BCUT2D eigenvalue weighted by Gasteiger charge is 2.37. The summed E-state index contributed by atoms with van der Waals surface area (Å²) in [5.74, 6) is 1.93. The van der Waals surface area contributed by atoms with Crippen molar-refractivity contribution in [3.63, 3.8) is 0 Å². The number of thiophene rings is 1. The molecule has 6 heteroatoms. The van der Waals surface area contributed by atoms with Crippen molar-refractivity contribution in [3.05, 3.63) is 17.3 Å². The molecule has 2 aromatic rings. The van der Waals surface area contributed by atoms with Crippen molar-refractivity contribution in [2.45, 2.75) is 51.1 Å². The Morgan fingerprint density at radius 1 is 1.36 bits per heavy atom. The predicted octanol–water partition coefficient (Wildman–Crippen LogP) is 2.50. The lowest BCUT2D eigenvalue weighted by atomic mass is 9.87. The molecule has 1 aliphatic carbocycles. The highest BCUT2D eigenvalue weighted by Crippen LogP contribution is 2.34. The van der Waals surface area contributed by atoms with Gasteiger partial charge in [-0.15, -0.1) is 11.3 Å². The third kappa shape index (κ3) is 2.26. The Morgan fingerprint density at radius 2 is 2.23 bits per heavy atom. The first-order valence-electron chi connectivity index (χ1n) is 8.06. The van der Waals surface area contributed by atoms with Crippen LogP contribution >= 0.6 is 11.3 Å². The topological polar surface area (TPSA) is 58.1 Å². The van der Waals surface area contributed by atoms with E-state index in [9.17, 15) is 4.79 Å². The number of fused-ring (bicyclic) bond motifs is 2. The molecule has 22 heavy (non-hydrogen) atoms. The van der Waals surface area contributed by atoms with Crippen LogP contribution in [0.4, 0.5) is 5.82 Å². The Kier molecular flexibility index (Phi) is 3.48. The fraction of sp³-hybridized carbons (Fsp3) is 0.562. The number of carbonyl (C=O) groups excluding carboxylic acids is 1. The highest BCUT2D eigenvalue weighted by molar-refractivity contribution is 7.16. The number of aromatic nitrogens is 2. The Morgan fingerprint density at radius 3 is 3.09 bits per heavy atom. The molecule has 1 aliphatic heterocycles. The van der Waals surface area contributed by atoms with Crippen LogP contribution in [-0.2, 0) is 11.2 Å². The Hall–Kier alpha value is -1.69. The van der Waals surface area contributed by atoms with E-state index >= 15 is 0 Å². The predicted molar refractivity (Wildman–Crippen MR) is 88.3 cm³/mol. The van der Waals surface area contributed by atoms with Crippen LogP contribution in [0.25, 0.3) is 10.2 Å². The van der Waals surface area contributed by atoms with E-state index in [1.807, 2.05) is 0 Å². The summed E-state index contributed by atoms with van der Waals surface area (Å²) < 4.78 is 0. The van der Waals surface area contributed by atoms with Gasteiger partial charge in [-0.05, 0) is 24.3 Å². The Balaban J connectivity index is 1.81. The molecule has 0 bridgehead atoms. The molecule has 1 N–H and O–H groups in total. The number of nitrogens with one attached hydrogen (secondary N) is 1. The summed E-state index contributed by atoms with van der Waals surface area (Å²) >= 11 is 1.65. The Labute approximate surface area is 133 Å². The number of nitrogens with zero attached hydrogens (tertiary/aromatic N) is 3. The number of carbonyl (C=O) groups is 1. The third-order valence-electron chi connectivity index (χ3n) is 4.73. The molecule has 2 unspecified atom stereocenters. The van der Waals surface area contributed by atoms with Crippen LogP contribution < -0.4 is 10.2 Å². The van der Waals surface area contributed by atoms with Crippen molar-refractivity contribution >= 4 is 33.3 Å². The summed E-state index contributed by atoms with van der Waals surface area (Å²) in [6, 6.07) is 2.72. The average molecular weight is 316 g/mol. The number of hydrogen-bond acceptors (Lipinski definition) is 5. The lowest BCUT2D eigenvalue weighted by molar-refractivity contribution is -0.122. The third-order valence-corrected chi connectivity index (χ3v) is 5.54. The minimum atomic E-state index is 0.114. The second-order valence-electron chi connectivity index (χ2n) is 6.11. The lowest BCUT2D eigenvalue weighted by Crippen LogP contribution is -2.62. The van der Waals surface area contributed by atoms with Gasteiger partial charge in [0, 0.05) is 12.5 Å². The standard InChI is InChI=1S/C16H20N4OS/c1-2-13-18-15(10-7-8-22-16(10)19-13)20-9-14(21)17-11-5-3-4-6-12(11)20/h7-8,11-12H,2-6,9H2,1H3,(H,17,21). The molecule has 4 rings (SSSR count). The van der Waals surface area contributed by atoms with Crippen molar-refractivity contribution in [2.24, 2.45) is 0 Å². The fourth-order valence-electron chi connectivity index (χ4n) is 3.67. The van der Waals surface area contributed by atoms with Gasteiger partial charge >= 0.3 is 0 Å². The van der Waals surface area contributed by atoms with E-state index in [1.54, 1.807) is 11.3 Å². The van der Waals surface area contributed by atoms with E-state index in [1.165, 1.54) is 12.8 Å². The van der Waals surface area contributed by atoms with Crippen LogP contribution in [0, 0.1) is 0 Å². The fourth-order valence-corrected chi connectivity index (χ4v) is 4.45. The van der Waals surface area contributed by atoms with Crippen LogP contribution in [0.15, 0.2) is 11.4 Å². The van der Waals surface area contributed by atoms with Crippen LogP contribution in [0.5, 0.6) is 0 Å². The molecular weight excluding hydrogens is 296 g/mol. The quantitative estimate of drug-likeness (QED) is 0.925. The second kappa shape index (κ2) is 5.50. The van der Waals surface area contributed by atoms with Gasteiger partial charge in [0.25, 0.3) is 0 Å². The summed E-state index contributed by atoms with van der Waals surface area (Å²) in [7, 11) is 0. The highest BCUT2D eigenvalue weighted by atomic mass is 32.1. The van der Waals surface area contributed by atoms with Gasteiger partial charge in [-0.3, -0.25) is 4.79 Å². The second-order valence-corrected chi connectivity index (χ2v) is 7.00. The first-order valence-corrected chi connectivity index (χ1v) is 8.94. The molecule has 2 aliphatic rings. The zero-order valence-electron chi connectivity index (χ0n) is 12.7. The molecule has 3 heterocycles. The number of hydrogen-bond donors (Lipinski definition) is 1. The molecule has 2 atom stereocenters. The van der Waals surface area contributed by atoms with Gasteiger partial charge in [0.1, 0.15) is 16.5 Å². The van der Waals surface area contributed by atoms with E-state index in [0.29, 0.717) is 12.6 Å². The molecule has 1 saturated carbocycles. The minimum absolute atomic E-state index is 0.114. The Bertz CT molecular complexity index is 713. The van der Waals surface area contributed by atoms with Gasteiger partial charge in [-0.1, -0.05) is 19.8 Å². The summed E-state index contributed by atoms with van der Waals surface area (Å²) in [4.78, 5) is 24.8. The molecule has 0 aromatic carbocycles. The van der Waals surface area contributed by atoms with Crippen LogP contribution in [-0.4, -0.2) is 34.5 Å². The molecule has 2 fully saturated rings. The van der Waals surface area contributed by atoms with Gasteiger partial charge in [0.2, 0.25) is 5.91 Å². The van der Waals surface area contributed by atoms with Crippen molar-refractivity contribution in [1.29, 1.82) is 0 Å². The summed E-state index contributed by atoms with van der Waals surface area (Å²) in [6.45, 7) is 2.48. The number of rotatable bonds is 2. The van der Waals surface area contributed by atoms with Gasteiger partial charge in [0.05, 0.1) is 18.0 Å². The maximum absolute atomic E-state index is 12.1. The largest absolute Gasteiger partial charge is 0.350 e. The molecular formula is C16H20N4OS. The van der Waals surface area contributed by atoms with E-state index in [-0.39, 0.29) is 11.9 Å². The lowest BCUT2D eigenvalue weighted by Gasteiger charge is -2.44. The van der Waals surface area contributed by atoms with E-state index in [4.69, 9.17) is 4.98 Å². The first-order chi connectivity index (χ1) is 10.8. The number of aryl methyl sites for hydroxylation is 1. The number of piperazine rings is 1. The van der Waals surface area contributed by atoms with E-state index < -0.39 is 0 Å². The van der Waals surface area contributed by atoms with Crippen molar-refractivity contribution < 1.29 is 4.79 Å². The molecule has 5 nitrogen and oxygen atoms in total. The normalized spacial score (nSPS) is 25.1. The van der Waals surface area contributed by atoms with Crippen molar-refractivity contribution in [3.8, 4) is 0 Å². The maximum atomic E-state index is 12.1. The number of anilines is 1. The van der Waals surface area contributed by atoms with Crippen molar-refractivity contribution in [2.75, 3.05) is 11.4 Å². The van der Waals surface area contributed by atoms with Gasteiger partial charge in [-0.25, -0.2) is 9.97 Å². The zero-order valence-corrected chi connectivity index (χ0v) is 13.5.